The van der Waals surface area contributed by atoms with Crippen molar-refractivity contribution in [1.29, 1.82) is 0 Å². The number of benzene rings is 1. The summed E-state index contributed by atoms with van der Waals surface area (Å²) in [5, 5.41) is 3.19. The van der Waals surface area contributed by atoms with Crippen molar-refractivity contribution in [2.45, 2.75) is 26.7 Å². The van der Waals surface area contributed by atoms with Crippen molar-refractivity contribution in [1.82, 2.24) is 5.32 Å². The Morgan fingerprint density at radius 1 is 1.15 bits per heavy atom. The third kappa shape index (κ3) is 6.25. The van der Waals surface area contributed by atoms with E-state index in [1.54, 1.807) is 18.2 Å². The van der Waals surface area contributed by atoms with E-state index in [4.69, 9.17) is 4.74 Å². The molecule has 0 amide bonds. The van der Waals surface area contributed by atoms with Gasteiger partial charge in [-0.15, -0.1) is 0 Å². The van der Waals surface area contributed by atoms with Gasteiger partial charge in [-0.25, -0.2) is 8.42 Å². The maximum Gasteiger partial charge on any atom is 0.232 e. The molecule has 0 aliphatic heterocycles. The zero-order valence-electron chi connectivity index (χ0n) is 12.2. The number of hydrogen-bond donors (Lipinski definition) is 2. The van der Waals surface area contributed by atoms with Crippen molar-refractivity contribution < 1.29 is 13.2 Å². The standard InChI is InChI=1S/C14H24N2O3S/c1-3-10-15-11-7-12-20(17,18)16-13-8-5-6-9-14(13)19-4-2/h5-6,8-9,15-16H,3-4,7,10-12H2,1-2H3. The van der Waals surface area contributed by atoms with Gasteiger partial charge >= 0.3 is 0 Å². The Morgan fingerprint density at radius 3 is 2.60 bits per heavy atom. The van der Waals surface area contributed by atoms with Gasteiger partial charge in [-0.05, 0) is 45.0 Å². The lowest BCUT2D eigenvalue weighted by Crippen LogP contribution is -2.22. The Kier molecular flexibility index (Phi) is 7.40. The van der Waals surface area contributed by atoms with E-state index in [0.29, 0.717) is 31.0 Å². The summed E-state index contributed by atoms with van der Waals surface area (Å²) in [7, 11) is -3.33. The number of rotatable bonds is 10. The summed E-state index contributed by atoms with van der Waals surface area (Å²) in [5.41, 5.74) is 0.496. The van der Waals surface area contributed by atoms with Gasteiger partial charge in [0.05, 0.1) is 18.0 Å². The molecule has 0 aliphatic rings. The van der Waals surface area contributed by atoms with Crippen LogP contribution in [0.5, 0.6) is 5.75 Å². The van der Waals surface area contributed by atoms with E-state index in [9.17, 15) is 8.42 Å². The summed E-state index contributed by atoms with van der Waals surface area (Å²) < 4.78 is 32.0. The topological polar surface area (TPSA) is 67.4 Å². The fourth-order valence-electron chi connectivity index (χ4n) is 1.74. The van der Waals surface area contributed by atoms with E-state index >= 15 is 0 Å². The molecule has 0 bridgehead atoms. The van der Waals surface area contributed by atoms with Crippen molar-refractivity contribution in [3.63, 3.8) is 0 Å². The average Bonchev–Trinajstić information content (AvgIpc) is 2.41. The molecule has 20 heavy (non-hydrogen) atoms. The monoisotopic (exact) mass is 300 g/mol. The molecule has 0 heterocycles. The first-order valence-corrected chi connectivity index (χ1v) is 8.67. The molecule has 0 atom stereocenters. The molecular weight excluding hydrogens is 276 g/mol. The van der Waals surface area contributed by atoms with Gasteiger partial charge in [-0.1, -0.05) is 19.1 Å². The minimum Gasteiger partial charge on any atom is -0.492 e. The maximum absolute atomic E-state index is 12.0. The van der Waals surface area contributed by atoms with Crippen LogP contribution in [0.15, 0.2) is 24.3 Å². The van der Waals surface area contributed by atoms with Crippen LogP contribution < -0.4 is 14.8 Å². The molecule has 0 aromatic heterocycles. The molecule has 1 rings (SSSR count). The van der Waals surface area contributed by atoms with Gasteiger partial charge in [0, 0.05) is 0 Å². The van der Waals surface area contributed by atoms with Crippen LogP contribution in [0.2, 0.25) is 0 Å². The molecule has 0 spiro atoms. The molecule has 0 fully saturated rings. The minimum atomic E-state index is -3.33. The van der Waals surface area contributed by atoms with Crippen LogP contribution in [0.25, 0.3) is 0 Å². The molecule has 6 heteroatoms. The third-order valence-corrected chi connectivity index (χ3v) is 4.00. The summed E-state index contributed by atoms with van der Waals surface area (Å²) in [6.07, 6.45) is 1.64. The normalized spacial score (nSPS) is 11.3. The highest BCUT2D eigenvalue weighted by molar-refractivity contribution is 7.92. The molecule has 2 N–H and O–H groups in total. The quantitative estimate of drug-likeness (QED) is 0.650. The van der Waals surface area contributed by atoms with Gasteiger partial charge in [0.1, 0.15) is 5.75 Å². The van der Waals surface area contributed by atoms with Gasteiger partial charge < -0.3 is 10.1 Å². The van der Waals surface area contributed by atoms with Crippen molar-refractivity contribution in [2.24, 2.45) is 0 Å². The molecule has 0 saturated heterocycles. The van der Waals surface area contributed by atoms with Crippen molar-refractivity contribution in [3.8, 4) is 5.75 Å². The summed E-state index contributed by atoms with van der Waals surface area (Å²) in [4.78, 5) is 0. The minimum absolute atomic E-state index is 0.101. The summed E-state index contributed by atoms with van der Waals surface area (Å²) >= 11 is 0. The molecular formula is C14H24N2O3S. The van der Waals surface area contributed by atoms with Crippen LogP contribution in [0.1, 0.15) is 26.7 Å². The van der Waals surface area contributed by atoms with Crippen molar-refractivity contribution in [2.75, 3.05) is 30.2 Å². The van der Waals surface area contributed by atoms with Gasteiger partial charge in [-0.2, -0.15) is 0 Å². The lowest BCUT2D eigenvalue weighted by Gasteiger charge is -2.12. The van der Waals surface area contributed by atoms with Gasteiger partial charge in [0.2, 0.25) is 10.0 Å². The highest BCUT2D eigenvalue weighted by Crippen LogP contribution is 2.24. The zero-order valence-corrected chi connectivity index (χ0v) is 13.0. The van der Waals surface area contributed by atoms with Crippen molar-refractivity contribution >= 4 is 15.7 Å². The van der Waals surface area contributed by atoms with E-state index < -0.39 is 10.0 Å². The van der Waals surface area contributed by atoms with E-state index in [1.165, 1.54) is 0 Å². The summed E-state index contributed by atoms with van der Waals surface area (Å²) in [5.74, 6) is 0.659. The third-order valence-electron chi connectivity index (χ3n) is 2.65. The first-order chi connectivity index (χ1) is 9.59. The van der Waals surface area contributed by atoms with E-state index in [-0.39, 0.29) is 5.75 Å². The molecule has 5 nitrogen and oxygen atoms in total. The predicted octanol–water partition coefficient (Wildman–Crippen LogP) is 2.22. The second-order valence-corrected chi connectivity index (χ2v) is 6.30. The van der Waals surface area contributed by atoms with E-state index in [0.717, 1.165) is 13.0 Å². The number of nitrogens with one attached hydrogen (secondary N) is 2. The van der Waals surface area contributed by atoms with Crippen LogP contribution >= 0.6 is 0 Å². The first kappa shape index (κ1) is 16.8. The first-order valence-electron chi connectivity index (χ1n) is 7.02. The Balaban J connectivity index is 2.53. The zero-order chi connectivity index (χ0) is 14.8. The molecule has 0 aliphatic carbocycles. The Bertz CT molecular complexity index is 489. The number of para-hydroxylation sites is 2. The largest absolute Gasteiger partial charge is 0.492 e. The SMILES string of the molecule is CCCNCCCS(=O)(=O)Nc1ccccc1OCC. The second kappa shape index (κ2) is 8.81. The maximum atomic E-state index is 12.0. The van der Waals surface area contributed by atoms with Crippen molar-refractivity contribution in [3.05, 3.63) is 24.3 Å². The van der Waals surface area contributed by atoms with Gasteiger partial charge in [0.15, 0.2) is 0 Å². The lowest BCUT2D eigenvalue weighted by molar-refractivity contribution is 0.342. The molecule has 0 radical (unpaired) electrons. The molecule has 114 valence electrons. The fraction of sp³-hybridized carbons (Fsp3) is 0.571. The Labute approximate surface area is 121 Å². The van der Waals surface area contributed by atoms with Crippen LogP contribution in [-0.4, -0.2) is 33.9 Å². The predicted molar refractivity (Wildman–Crippen MR) is 82.8 cm³/mol. The molecule has 1 aromatic carbocycles. The lowest BCUT2D eigenvalue weighted by atomic mass is 10.3. The van der Waals surface area contributed by atoms with Crippen LogP contribution in [0.4, 0.5) is 5.69 Å². The van der Waals surface area contributed by atoms with Gasteiger partial charge in [-0.3, -0.25) is 4.72 Å². The van der Waals surface area contributed by atoms with E-state index in [2.05, 4.69) is 17.0 Å². The summed E-state index contributed by atoms with van der Waals surface area (Å²) in [6.45, 7) is 6.07. The number of hydrogen-bond acceptors (Lipinski definition) is 4. The van der Waals surface area contributed by atoms with Crippen LogP contribution in [-0.2, 0) is 10.0 Å². The van der Waals surface area contributed by atoms with Crippen LogP contribution in [0.3, 0.4) is 0 Å². The smallest absolute Gasteiger partial charge is 0.232 e. The Morgan fingerprint density at radius 2 is 1.90 bits per heavy atom. The highest BCUT2D eigenvalue weighted by Gasteiger charge is 2.12. The number of sulfonamides is 1. The second-order valence-electron chi connectivity index (χ2n) is 4.45. The van der Waals surface area contributed by atoms with Crippen LogP contribution in [0, 0.1) is 0 Å². The highest BCUT2D eigenvalue weighted by atomic mass is 32.2. The number of anilines is 1. The van der Waals surface area contributed by atoms with Gasteiger partial charge in [0.25, 0.3) is 0 Å². The fourth-order valence-corrected chi connectivity index (χ4v) is 2.87. The molecule has 0 saturated carbocycles. The molecule has 1 aromatic rings. The molecule has 0 unspecified atom stereocenters. The summed E-state index contributed by atoms with van der Waals surface area (Å²) in [6, 6.07) is 7.06. The number of ether oxygens (including phenoxy) is 1. The Hall–Kier alpha value is -1.27. The average molecular weight is 300 g/mol. The van der Waals surface area contributed by atoms with E-state index in [1.807, 2.05) is 13.0 Å².